The van der Waals surface area contributed by atoms with Crippen molar-refractivity contribution >= 4 is 10.0 Å². The minimum Gasteiger partial charge on any atom is -0.326 e. The van der Waals surface area contributed by atoms with E-state index in [0.717, 1.165) is 12.8 Å². The molecular formula is C14H19FN2O2S. The van der Waals surface area contributed by atoms with Crippen molar-refractivity contribution in [3.63, 3.8) is 0 Å². The Bertz CT molecular complexity index is 624. The van der Waals surface area contributed by atoms with E-state index < -0.39 is 15.8 Å². The second-order valence-electron chi connectivity index (χ2n) is 5.00. The van der Waals surface area contributed by atoms with Crippen molar-refractivity contribution < 1.29 is 12.8 Å². The fourth-order valence-corrected chi connectivity index (χ4v) is 4.09. The molecule has 1 saturated carbocycles. The Balaban J connectivity index is 2.52. The molecule has 2 rings (SSSR count). The molecule has 1 aromatic rings. The number of rotatable bonds is 6. The van der Waals surface area contributed by atoms with Gasteiger partial charge in [0.2, 0.25) is 10.0 Å². The number of hydrogen-bond donors (Lipinski definition) is 1. The van der Waals surface area contributed by atoms with E-state index in [1.807, 2.05) is 0 Å². The number of nitrogens with two attached hydrogens (primary N) is 1. The number of benzene rings is 1. The first-order valence-corrected chi connectivity index (χ1v) is 7.97. The van der Waals surface area contributed by atoms with E-state index in [-0.39, 0.29) is 29.6 Å². The van der Waals surface area contributed by atoms with Gasteiger partial charge in [-0.2, -0.15) is 4.31 Å². The van der Waals surface area contributed by atoms with Crippen LogP contribution in [0.4, 0.5) is 4.39 Å². The van der Waals surface area contributed by atoms with Crippen molar-refractivity contribution in [1.29, 1.82) is 0 Å². The van der Waals surface area contributed by atoms with Gasteiger partial charge in [-0.25, -0.2) is 12.8 Å². The molecule has 1 aliphatic carbocycles. The molecule has 1 fully saturated rings. The molecule has 4 nitrogen and oxygen atoms in total. The minimum atomic E-state index is -3.72. The summed E-state index contributed by atoms with van der Waals surface area (Å²) in [6.45, 7) is 5.40. The van der Waals surface area contributed by atoms with Gasteiger partial charge in [-0.05, 0) is 37.5 Å². The van der Waals surface area contributed by atoms with E-state index in [1.54, 1.807) is 6.08 Å². The molecule has 0 heterocycles. The Labute approximate surface area is 119 Å². The smallest absolute Gasteiger partial charge is 0.243 e. The molecule has 0 amide bonds. The Kier molecular flexibility index (Phi) is 4.27. The lowest BCUT2D eigenvalue weighted by Gasteiger charge is -2.22. The predicted molar refractivity (Wildman–Crippen MR) is 76.1 cm³/mol. The lowest BCUT2D eigenvalue weighted by molar-refractivity contribution is 0.434. The lowest BCUT2D eigenvalue weighted by atomic mass is 10.1. The molecule has 0 spiro atoms. The number of nitrogens with zero attached hydrogens (tertiary/aromatic N) is 1. The largest absolute Gasteiger partial charge is 0.326 e. The number of hydrogen-bond acceptors (Lipinski definition) is 3. The van der Waals surface area contributed by atoms with Gasteiger partial charge in [0.15, 0.2) is 0 Å². The highest BCUT2D eigenvalue weighted by molar-refractivity contribution is 7.89. The van der Waals surface area contributed by atoms with E-state index >= 15 is 0 Å². The zero-order chi connectivity index (χ0) is 14.9. The van der Waals surface area contributed by atoms with Gasteiger partial charge in [-0.15, -0.1) is 6.58 Å². The third kappa shape index (κ3) is 2.77. The van der Waals surface area contributed by atoms with Crippen LogP contribution in [0.5, 0.6) is 0 Å². The van der Waals surface area contributed by atoms with Crippen LogP contribution in [0, 0.1) is 12.7 Å². The van der Waals surface area contributed by atoms with Gasteiger partial charge < -0.3 is 5.73 Å². The highest BCUT2D eigenvalue weighted by Crippen LogP contribution is 2.33. The monoisotopic (exact) mass is 298 g/mol. The van der Waals surface area contributed by atoms with Crippen LogP contribution in [-0.2, 0) is 16.6 Å². The van der Waals surface area contributed by atoms with E-state index in [1.165, 1.54) is 23.4 Å². The molecule has 0 unspecified atom stereocenters. The van der Waals surface area contributed by atoms with Gasteiger partial charge in [0, 0.05) is 24.7 Å². The van der Waals surface area contributed by atoms with Crippen molar-refractivity contribution in [2.24, 2.45) is 5.73 Å². The maximum absolute atomic E-state index is 13.9. The summed E-state index contributed by atoms with van der Waals surface area (Å²) in [5.74, 6) is -0.541. The van der Waals surface area contributed by atoms with Crippen LogP contribution < -0.4 is 5.73 Å². The quantitative estimate of drug-likeness (QED) is 0.816. The Morgan fingerprint density at radius 2 is 2.15 bits per heavy atom. The summed E-state index contributed by atoms with van der Waals surface area (Å²) in [5.41, 5.74) is 6.11. The molecule has 6 heteroatoms. The summed E-state index contributed by atoms with van der Waals surface area (Å²) in [5, 5.41) is 0. The predicted octanol–water partition coefficient (Wildman–Crippen LogP) is 1.93. The maximum Gasteiger partial charge on any atom is 0.243 e. The highest BCUT2D eigenvalue weighted by atomic mass is 32.2. The van der Waals surface area contributed by atoms with Crippen LogP contribution in [-0.4, -0.2) is 25.3 Å². The van der Waals surface area contributed by atoms with Crippen LogP contribution in [0.25, 0.3) is 0 Å². The Hall–Kier alpha value is -1.24. The molecule has 0 saturated heterocycles. The zero-order valence-electron chi connectivity index (χ0n) is 11.5. The molecule has 1 aromatic carbocycles. The first kappa shape index (κ1) is 15.2. The van der Waals surface area contributed by atoms with Crippen molar-refractivity contribution in [1.82, 2.24) is 4.31 Å². The van der Waals surface area contributed by atoms with E-state index in [4.69, 9.17) is 5.73 Å². The van der Waals surface area contributed by atoms with Gasteiger partial charge >= 0.3 is 0 Å². The number of halogens is 1. The van der Waals surface area contributed by atoms with E-state index in [2.05, 4.69) is 6.58 Å². The summed E-state index contributed by atoms with van der Waals surface area (Å²) in [6, 6.07) is 2.75. The van der Waals surface area contributed by atoms with Crippen molar-refractivity contribution in [3.8, 4) is 0 Å². The molecule has 110 valence electrons. The van der Waals surface area contributed by atoms with Crippen molar-refractivity contribution in [2.75, 3.05) is 6.54 Å². The second kappa shape index (κ2) is 5.63. The topological polar surface area (TPSA) is 63.4 Å². The molecule has 0 aliphatic heterocycles. The van der Waals surface area contributed by atoms with Gasteiger partial charge in [0.1, 0.15) is 5.82 Å². The van der Waals surface area contributed by atoms with Crippen LogP contribution >= 0.6 is 0 Å². The van der Waals surface area contributed by atoms with Gasteiger partial charge in [-0.1, -0.05) is 6.08 Å². The van der Waals surface area contributed by atoms with E-state index in [0.29, 0.717) is 5.56 Å². The van der Waals surface area contributed by atoms with Gasteiger partial charge in [0.25, 0.3) is 0 Å². The SMILES string of the molecule is C=CCN(C1CC1)S(=O)(=O)c1cc(CN)cc(F)c1C. The average molecular weight is 298 g/mol. The molecule has 0 aromatic heterocycles. The number of sulfonamides is 1. The molecule has 0 atom stereocenters. The molecule has 1 aliphatic rings. The Morgan fingerprint density at radius 1 is 1.50 bits per heavy atom. The first-order chi connectivity index (χ1) is 9.41. The summed E-state index contributed by atoms with van der Waals surface area (Å²) in [4.78, 5) is 0.00620. The van der Waals surface area contributed by atoms with Crippen molar-refractivity contribution in [2.45, 2.75) is 37.2 Å². The summed E-state index contributed by atoms with van der Waals surface area (Å²) >= 11 is 0. The minimum absolute atomic E-state index is 0.00185. The molecule has 2 N–H and O–H groups in total. The summed E-state index contributed by atoms with van der Waals surface area (Å²) < 4.78 is 40.7. The van der Waals surface area contributed by atoms with Crippen molar-refractivity contribution in [3.05, 3.63) is 41.7 Å². The normalized spacial score (nSPS) is 15.6. The summed E-state index contributed by atoms with van der Waals surface area (Å²) in [7, 11) is -3.72. The van der Waals surface area contributed by atoms with Crippen LogP contribution in [0.3, 0.4) is 0 Å². The third-order valence-corrected chi connectivity index (χ3v) is 5.49. The van der Waals surface area contributed by atoms with Crippen LogP contribution in [0.15, 0.2) is 29.7 Å². The highest BCUT2D eigenvalue weighted by Gasteiger charge is 2.38. The Morgan fingerprint density at radius 3 is 2.65 bits per heavy atom. The molecular weight excluding hydrogens is 279 g/mol. The zero-order valence-corrected chi connectivity index (χ0v) is 12.3. The second-order valence-corrected chi connectivity index (χ2v) is 6.86. The van der Waals surface area contributed by atoms with Gasteiger partial charge in [-0.3, -0.25) is 0 Å². The molecule has 0 radical (unpaired) electrons. The third-order valence-electron chi connectivity index (χ3n) is 3.44. The van der Waals surface area contributed by atoms with E-state index in [9.17, 15) is 12.8 Å². The fourth-order valence-electron chi connectivity index (χ4n) is 2.15. The molecule has 0 bridgehead atoms. The molecule has 20 heavy (non-hydrogen) atoms. The first-order valence-electron chi connectivity index (χ1n) is 6.53. The average Bonchev–Trinajstić information content (AvgIpc) is 3.22. The van der Waals surface area contributed by atoms with Crippen LogP contribution in [0.1, 0.15) is 24.0 Å². The van der Waals surface area contributed by atoms with Crippen LogP contribution in [0.2, 0.25) is 0 Å². The van der Waals surface area contributed by atoms with Gasteiger partial charge in [0.05, 0.1) is 4.90 Å². The lowest BCUT2D eigenvalue weighted by Crippen LogP contribution is -2.34. The standard InChI is InChI=1S/C14H19FN2O2S/c1-3-6-17(12-4-5-12)20(18,19)14-8-11(9-16)7-13(15)10(14)2/h3,7-8,12H,1,4-6,9,16H2,2H3. The fraction of sp³-hybridized carbons (Fsp3) is 0.429. The maximum atomic E-state index is 13.9. The summed E-state index contributed by atoms with van der Waals surface area (Å²) in [6.07, 6.45) is 3.23.